The second kappa shape index (κ2) is 15.4. The number of aromatic amines is 1. The molecule has 4 atom stereocenters. The number of hydrogen-bond donors (Lipinski definition) is 8. The van der Waals surface area contributed by atoms with Crippen LogP contribution >= 0.6 is 11.8 Å². The predicted octanol–water partition coefficient (Wildman–Crippen LogP) is -3.29. The van der Waals surface area contributed by atoms with Gasteiger partial charge in [0.05, 0.1) is 18.8 Å². The molecule has 0 aliphatic heterocycles. The summed E-state index contributed by atoms with van der Waals surface area (Å²) in [6, 6.07) is -5.13. The van der Waals surface area contributed by atoms with E-state index in [-0.39, 0.29) is 25.7 Å². The fourth-order valence-corrected chi connectivity index (χ4v) is 3.45. The standard InChI is InChI=1S/C20H32N8O7S/c1-36-5-4-12(18(32)28-14(20(34)35)6-10-8-24-9-25-10)26-19(33)13(7-16(23)30)27-17(31)11(21)2-3-15(22)29/h8-9,11-14H,2-7,21H2,1H3,(H2,22,29)(H2,23,30)(H,24,25)(H,26,33)(H,27,31)(H,28,32)(H,34,35). The van der Waals surface area contributed by atoms with Crippen LogP contribution in [0.2, 0.25) is 0 Å². The third-order valence-corrected chi connectivity index (χ3v) is 5.56. The number of H-pyrrole nitrogens is 1. The van der Waals surface area contributed by atoms with Crippen LogP contribution < -0.4 is 33.2 Å². The maximum atomic E-state index is 12.9. The fourth-order valence-electron chi connectivity index (χ4n) is 2.98. The van der Waals surface area contributed by atoms with Crippen molar-refractivity contribution in [3.8, 4) is 0 Å². The van der Waals surface area contributed by atoms with E-state index in [1.165, 1.54) is 24.3 Å². The first-order valence-electron chi connectivity index (χ1n) is 10.9. The van der Waals surface area contributed by atoms with Crippen molar-refractivity contribution in [3.63, 3.8) is 0 Å². The van der Waals surface area contributed by atoms with Gasteiger partial charge in [-0.3, -0.25) is 24.0 Å². The molecule has 1 rings (SSSR count). The van der Waals surface area contributed by atoms with Crippen molar-refractivity contribution in [1.82, 2.24) is 25.9 Å². The molecule has 200 valence electrons. The highest BCUT2D eigenvalue weighted by Gasteiger charge is 2.31. The first kappa shape index (κ1) is 30.4. The summed E-state index contributed by atoms with van der Waals surface area (Å²) in [6.45, 7) is 0. The van der Waals surface area contributed by atoms with Gasteiger partial charge < -0.3 is 43.2 Å². The summed E-state index contributed by atoms with van der Waals surface area (Å²) in [4.78, 5) is 78.7. The number of nitrogens with two attached hydrogens (primary N) is 3. The maximum absolute atomic E-state index is 12.9. The molecule has 0 aliphatic rings. The third kappa shape index (κ3) is 11.2. The summed E-state index contributed by atoms with van der Waals surface area (Å²) in [6.07, 6.45) is 3.77. The molecular weight excluding hydrogens is 496 g/mol. The van der Waals surface area contributed by atoms with Crippen LogP contribution in [0.25, 0.3) is 0 Å². The number of thioether (sulfide) groups is 1. The summed E-state index contributed by atoms with van der Waals surface area (Å²) >= 11 is 1.39. The minimum Gasteiger partial charge on any atom is -0.480 e. The number of nitrogens with zero attached hydrogens (tertiary/aromatic N) is 1. The van der Waals surface area contributed by atoms with Crippen molar-refractivity contribution in [2.45, 2.75) is 56.3 Å². The lowest BCUT2D eigenvalue weighted by molar-refractivity contribution is -0.142. The van der Waals surface area contributed by atoms with Crippen LogP contribution in [0, 0.1) is 0 Å². The fraction of sp³-hybridized carbons (Fsp3) is 0.550. The molecule has 5 amide bonds. The van der Waals surface area contributed by atoms with Crippen molar-refractivity contribution < 1.29 is 33.9 Å². The second-order valence-corrected chi connectivity index (χ2v) is 8.85. The quantitative estimate of drug-likeness (QED) is 0.0998. The molecule has 0 aliphatic carbocycles. The summed E-state index contributed by atoms with van der Waals surface area (Å²) in [5, 5.41) is 16.6. The summed E-state index contributed by atoms with van der Waals surface area (Å²) in [7, 11) is 0. The van der Waals surface area contributed by atoms with E-state index < -0.39 is 66.1 Å². The number of hydrogen-bond acceptors (Lipinski definition) is 9. The van der Waals surface area contributed by atoms with Gasteiger partial charge in [-0.25, -0.2) is 9.78 Å². The third-order valence-electron chi connectivity index (χ3n) is 4.91. The van der Waals surface area contributed by atoms with Gasteiger partial charge in [0.15, 0.2) is 0 Å². The van der Waals surface area contributed by atoms with Crippen LogP contribution in [0.15, 0.2) is 12.5 Å². The number of aliphatic carboxylic acids is 1. The Morgan fingerprint density at radius 2 is 1.58 bits per heavy atom. The molecule has 11 N–H and O–H groups in total. The molecule has 1 aromatic heterocycles. The zero-order valence-electron chi connectivity index (χ0n) is 19.7. The zero-order valence-corrected chi connectivity index (χ0v) is 20.5. The van der Waals surface area contributed by atoms with E-state index in [9.17, 15) is 33.9 Å². The lowest BCUT2D eigenvalue weighted by Gasteiger charge is -2.24. The Morgan fingerprint density at radius 3 is 2.11 bits per heavy atom. The molecule has 0 radical (unpaired) electrons. The average Bonchev–Trinajstić information content (AvgIpc) is 3.31. The van der Waals surface area contributed by atoms with Gasteiger partial charge >= 0.3 is 5.97 Å². The van der Waals surface area contributed by atoms with Gasteiger partial charge in [-0.15, -0.1) is 0 Å². The number of primary amides is 2. The Hall–Kier alpha value is -3.66. The molecule has 4 unspecified atom stereocenters. The number of aromatic nitrogens is 2. The first-order valence-corrected chi connectivity index (χ1v) is 12.3. The van der Waals surface area contributed by atoms with Crippen LogP contribution in [0.1, 0.15) is 31.4 Å². The van der Waals surface area contributed by atoms with Crippen LogP contribution in [-0.4, -0.2) is 86.8 Å². The van der Waals surface area contributed by atoms with E-state index in [1.807, 2.05) is 0 Å². The molecule has 0 saturated heterocycles. The summed E-state index contributed by atoms with van der Waals surface area (Å²) in [5.41, 5.74) is 16.4. The van der Waals surface area contributed by atoms with Gasteiger partial charge in [0.25, 0.3) is 0 Å². The number of rotatable bonds is 17. The Labute approximate surface area is 211 Å². The van der Waals surface area contributed by atoms with E-state index in [2.05, 4.69) is 25.9 Å². The number of imidazole rings is 1. The molecule has 1 aromatic rings. The minimum atomic E-state index is -1.46. The molecule has 15 nitrogen and oxygen atoms in total. The first-order chi connectivity index (χ1) is 16.9. The van der Waals surface area contributed by atoms with Crippen molar-refractivity contribution in [3.05, 3.63) is 18.2 Å². The van der Waals surface area contributed by atoms with Crippen LogP contribution in [0.4, 0.5) is 0 Å². The SMILES string of the molecule is CSCCC(NC(=O)C(CC(N)=O)NC(=O)C(N)CCC(N)=O)C(=O)NC(Cc1cnc[nH]1)C(=O)O. The Bertz CT molecular complexity index is 927. The predicted molar refractivity (Wildman–Crippen MR) is 129 cm³/mol. The van der Waals surface area contributed by atoms with E-state index in [0.29, 0.717) is 11.4 Å². The summed E-state index contributed by atoms with van der Waals surface area (Å²) in [5.74, 6) is -4.93. The highest BCUT2D eigenvalue weighted by atomic mass is 32.2. The van der Waals surface area contributed by atoms with E-state index in [4.69, 9.17) is 17.2 Å². The molecule has 0 fully saturated rings. The van der Waals surface area contributed by atoms with E-state index >= 15 is 0 Å². The highest BCUT2D eigenvalue weighted by Crippen LogP contribution is 2.06. The number of carbonyl (C=O) groups excluding carboxylic acids is 5. The Kier molecular flexibility index (Phi) is 13.0. The summed E-state index contributed by atoms with van der Waals surface area (Å²) < 4.78 is 0. The largest absolute Gasteiger partial charge is 0.480 e. The molecule has 0 spiro atoms. The topological polar surface area (TPSA) is 265 Å². The highest BCUT2D eigenvalue weighted by molar-refractivity contribution is 7.98. The smallest absolute Gasteiger partial charge is 0.326 e. The monoisotopic (exact) mass is 528 g/mol. The van der Waals surface area contributed by atoms with E-state index in [1.54, 1.807) is 6.26 Å². The number of carbonyl (C=O) groups is 6. The van der Waals surface area contributed by atoms with Gasteiger partial charge in [0.1, 0.15) is 18.1 Å². The van der Waals surface area contributed by atoms with Crippen molar-refractivity contribution >= 4 is 47.3 Å². The molecule has 1 heterocycles. The number of nitrogens with one attached hydrogen (secondary N) is 4. The minimum absolute atomic E-state index is 0.0756. The van der Waals surface area contributed by atoms with Crippen LogP contribution in [-0.2, 0) is 35.2 Å². The van der Waals surface area contributed by atoms with Gasteiger partial charge in [-0.2, -0.15) is 11.8 Å². The van der Waals surface area contributed by atoms with Crippen molar-refractivity contribution in [1.29, 1.82) is 0 Å². The van der Waals surface area contributed by atoms with Gasteiger partial charge in [0, 0.05) is 24.7 Å². The zero-order chi connectivity index (χ0) is 27.3. The number of carboxylic acids is 1. The maximum Gasteiger partial charge on any atom is 0.326 e. The molecule has 0 bridgehead atoms. The van der Waals surface area contributed by atoms with Gasteiger partial charge in [0.2, 0.25) is 29.5 Å². The van der Waals surface area contributed by atoms with Crippen molar-refractivity contribution in [2.24, 2.45) is 17.2 Å². The van der Waals surface area contributed by atoms with Crippen LogP contribution in [0.3, 0.4) is 0 Å². The molecule has 0 saturated carbocycles. The van der Waals surface area contributed by atoms with Crippen LogP contribution in [0.5, 0.6) is 0 Å². The Balaban J connectivity index is 2.94. The number of carboxylic acid groups (broad SMARTS) is 1. The molecule has 36 heavy (non-hydrogen) atoms. The average molecular weight is 529 g/mol. The Morgan fingerprint density at radius 1 is 0.972 bits per heavy atom. The van der Waals surface area contributed by atoms with Gasteiger partial charge in [-0.05, 0) is 24.9 Å². The van der Waals surface area contributed by atoms with Gasteiger partial charge in [-0.1, -0.05) is 0 Å². The normalized spacial score (nSPS) is 14.1. The molecule has 0 aromatic carbocycles. The van der Waals surface area contributed by atoms with Crippen molar-refractivity contribution in [2.75, 3.05) is 12.0 Å². The lowest BCUT2D eigenvalue weighted by atomic mass is 10.1. The van der Waals surface area contributed by atoms with E-state index in [0.717, 1.165) is 0 Å². The second-order valence-electron chi connectivity index (χ2n) is 7.87. The number of amides is 5. The molecular formula is C20H32N8O7S. The molecule has 16 heteroatoms. The lowest BCUT2D eigenvalue weighted by Crippen LogP contribution is -2.58.